The fraction of sp³-hybridized carbons (Fsp3) is 0.909. The van der Waals surface area contributed by atoms with E-state index in [9.17, 15) is 10.0 Å². The lowest BCUT2D eigenvalue weighted by molar-refractivity contribution is -0.298. The molecule has 16 heavy (non-hydrogen) atoms. The Morgan fingerprint density at radius 3 is 2.31 bits per heavy atom. The van der Waals surface area contributed by atoms with Crippen LogP contribution in [0.2, 0.25) is 0 Å². The van der Waals surface area contributed by atoms with E-state index in [1.165, 1.54) is 7.11 Å². The summed E-state index contributed by atoms with van der Waals surface area (Å²) in [7, 11) is 1.35. The van der Waals surface area contributed by atoms with Gasteiger partial charge in [-0.25, -0.2) is 0 Å². The Hall–Kier alpha value is -0.650. The molecule has 0 aliphatic carbocycles. The monoisotopic (exact) mass is 229 g/mol. The van der Waals surface area contributed by atoms with Crippen molar-refractivity contribution in [3.63, 3.8) is 0 Å². The second-order valence-electron chi connectivity index (χ2n) is 5.62. The van der Waals surface area contributed by atoms with Crippen LogP contribution in [0.4, 0.5) is 0 Å². The standard InChI is InChI=1S/C11H21N2O3/c1-10(2)6-7(9(14)16-5)8(12)11(3,4)13(10)15/h7-8H,6,12H2,1-5H3/t7-,8-/m0/s1. The summed E-state index contributed by atoms with van der Waals surface area (Å²) in [6.45, 7) is 7.18. The molecule has 0 saturated carbocycles. The van der Waals surface area contributed by atoms with Crippen LogP contribution >= 0.6 is 0 Å². The SMILES string of the molecule is COC(=O)[C@H]1CC(C)(C)N([O])C(C)(C)[C@H]1N. The van der Waals surface area contributed by atoms with Crippen LogP contribution in [0.1, 0.15) is 34.1 Å². The van der Waals surface area contributed by atoms with Crippen LogP contribution in [-0.4, -0.2) is 35.3 Å². The topological polar surface area (TPSA) is 75.5 Å². The van der Waals surface area contributed by atoms with Crippen LogP contribution in [-0.2, 0) is 14.7 Å². The van der Waals surface area contributed by atoms with Gasteiger partial charge in [-0.2, -0.15) is 0 Å². The highest BCUT2D eigenvalue weighted by Crippen LogP contribution is 2.39. The first-order chi connectivity index (χ1) is 7.14. The molecule has 1 aliphatic heterocycles. The first kappa shape index (κ1) is 13.4. The van der Waals surface area contributed by atoms with E-state index in [4.69, 9.17) is 10.5 Å². The summed E-state index contributed by atoms with van der Waals surface area (Å²) in [5.74, 6) is -0.748. The fourth-order valence-corrected chi connectivity index (χ4v) is 2.54. The van der Waals surface area contributed by atoms with Gasteiger partial charge in [-0.1, -0.05) is 0 Å². The van der Waals surface area contributed by atoms with Gasteiger partial charge in [0.15, 0.2) is 0 Å². The molecule has 0 spiro atoms. The molecular formula is C11H21N2O3. The van der Waals surface area contributed by atoms with Crippen LogP contribution < -0.4 is 5.73 Å². The van der Waals surface area contributed by atoms with E-state index < -0.39 is 23.0 Å². The van der Waals surface area contributed by atoms with Crippen LogP contribution in [0.25, 0.3) is 0 Å². The normalized spacial score (nSPS) is 33.4. The zero-order valence-corrected chi connectivity index (χ0v) is 10.6. The highest BCUT2D eigenvalue weighted by atomic mass is 16.5. The number of methoxy groups -OCH3 is 1. The maximum Gasteiger partial charge on any atom is 0.310 e. The molecule has 1 fully saturated rings. The molecule has 1 aliphatic rings. The first-order valence-electron chi connectivity index (χ1n) is 5.45. The molecule has 2 N–H and O–H groups in total. The average Bonchev–Trinajstić information content (AvgIpc) is 2.21. The van der Waals surface area contributed by atoms with Gasteiger partial charge in [-0.05, 0) is 34.1 Å². The minimum Gasteiger partial charge on any atom is -0.469 e. The number of esters is 1. The quantitative estimate of drug-likeness (QED) is 0.672. The maximum atomic E-state index is 12.1. The van der Waals surface area contributed by atoms with Crippen molar-refractivity contribution in [1.82, 2.24) is 5.06 Å². The highest BCUT2D eigenvalue weighted by Gasteiger charge is 2.53. The highest BCUT2D eigenvalue weighted by molar-refractivity contribution is 5.73. The van der Waals surface area contributed by atoms with Crippen molar-refractivity contribution < 1.29 is 14.7 Å². The summed E-state index contributed by atoms with van der Waals surface area (Å²) >= 11 is 0. The predicted molar refractivity (Wildman–Crippen MR) is 58.8 cm³/mol. The Kier molecular flexibility index (Phi) is 3.34. The number of ether oxygens (including phenoxy) is 1. The summed E-state index contributed by atoms with van der Waals surface area (Å²) in [4.78, 5) is 11.6. The summed E-state index contributed by atoms with van der Waals surface area (Å²) in [5, 5.41) is 13.1. The third-order valence-electron chi connectivity index (χ3n) is 3.55. The fourth-order valence-electron chi connectivity index (χ4n) is 2.54. The molecule has 1 heterocycles. The van der Waals surface area contributed by atoms with Crippen molar-refractivity contribution in [1.29, 1.82) is 0 Å². The molecular weight excluding hydrogens is 208 g/mol. The van der Waals surface area contributed by atoms with Gasteiger partial charge < -0.3 is 10.5 Å². The van der Waals surface area contributed by atoms with Crippen LogP contribution in [0.15, 0.2) is 0 Å². The summed E-state index contributed by atoms with van der Waals surface area (Å²) in [5.41, 5.74) is 4.64. The molecule has 0 amide bonds. The van der Waals surface area contributed by atoms with E-state index in [1.54, 1.807) is 13.8 Å². The number of carbonyl (C=O) groups is 1. The second kappa shape index (κ2) is 3.98. The third kappa shape index (κ3) is 1.95. The Morgan fingerprint density at radius 2 is 1.88 bits per heavy atom. The van der Waals surface area contributed by atoms with E-state index in [-0.39, 0.29) is 5.97 Å². The number of hydroxylamine groups is 2. The largest absolute Gasteiger partial charge is 0.469 e. The number of piperidine rings is 1. The van der Waals surface area contributed by atoms with E-state index >= 15 is 0 Å². The molecule has 2 atom stereocenters. The van der Waals surface area contributed by atoms with Crippen LogP contribution in [0.5, 0.6) is 0 Å². The molecule has 0 unspecified atom stereocenters. The lowest BCUT2D eigenvalue weighted by Crippen LogP contribution is -2.69. The number of nitrogens with zero attached hydrogens (tertiary/aromatic N) is 1. The van der Waals surface area contributed by atoms with Crippen LogP contribution in [0, 0.1) is 5.92 Å². The molecule has 0 aromatic carbocycles. The summed E-state index contributed by atoms with van der Waals surface area (Å²) < 4.78 is 4.74. The van der Waals surface area contributed by atoms with Gasteiger partial charge >= 0.3 is 5.97 Å². The molecule has 0 aromatic heterocycles. The van der Waals surface area contributed by atoms with Gasteiger partial charge in [0.05, 0.1) is 18.6 Å². The zero-order chi connectivity index (χ0) is 12.7. The van der Waals surface area contributed by atoms with Crippen molar-refractivity contribution in [3.8, 4) is 0 Å². The predicted octanol–water partition coefficient (Wildman–Crippen LogP) is 0.711. The molecule has 5 heteroatoms. The van der Waals surface area contributed by atoms with Gasteiger partial charge in [0.2, 0.25) is 0 Å². The van der Waals surface area contributed by atoms with Gasteiger partial charge in [0, 0.05) is 11.6 Å². The third-order valence-corrected chi connectivity index (χ3v) is 3.55. The smallest absolute Gasteiger partial charge is 0.310 e. The molecule has 93 valence electrons. The van der Waals surface area contributed by atoms with E-state index in [1.807, 2.05) is 13.8 Å². The lowest BCUT2D eigenvalue weighted by atomic mass is 9.72. The van der Waals surface area contributed by atoms with Crippen molar-refractivity contribution in [2.24, 2.45) is 11.7 Å². The average molecular weight is 229 g/mol. The minimum absolute atomic E-state index is 0.332. The van der Waals surface area contributed by atoms with Gasteiger partial charge in [0.25, 0.3) is 0 Å². The first-order valence-corrected chi connectivity index (χ1v) is 5.45. The van der Waals surface area contributed by atoms with Gasteiger partial charge in [-0.3, -0.25) is 4.79 Å². The van der Waals surface area contributed by atoms with Crippen molar-refractivity contribution in [3.05, 3.63) is 0 Å². The number of nitrogens with two attached hydrogens (primary N) is 1. The minimum atomic E-state index is -0.763. The zero-order valence-electron chi connectivity index (χ0n) is 10.6. The van der Waals surface area contributed by atoms with E-state index in [2.05, 4.69) is 0 Å². The van der Waals surface area contributed by atoms with Crippen molar-refractivity contribution in [2.45, 2.75) is 51.2 Å². The Morgan fingerprint density at radius 1 is 1.38 bits per heavy atom. The molecule has 1 rings (SSSR count). The maximum absolute atomic E-state index is 12.1. The molecule has 5 nitrogen and oxygen atoms in total. The van der Waals surface area contributed by atoms with Crippen molar-refractivity contribution in [2.75, 3.05) is 7.11 Å². The van der Waals surface area contributed by atoms with Crippen molar-refractivity contribution >= 4 is 5.97 Å². The Bertz CT molecular complexity index is 289. The van der Waals surface area contributed by atoms with Gasteiger partial charge in [-0.15, -0.1) is 10.3 Å². The van der Waals surface area contributed by atoms with Crippen LogP contribution in [0.3, 0.4) is 0 Å². The molecule has 1 saturated heterocycles. The Balaban J connectivity index is 3.05. The van der Waals surface area contributed by atoms with E-state index in [0.717, 1.165) is 5.06 Å². The number of hydrogen-bond donors (Lipinski definition) is 1. The number of carbonyl (C=O) groups excluding carboxylic acids is 1. The molecule has 0 aromatic rings. The number of rotatable bonds is 1. The molecule has 0 bridgehead atoms. The van der Waals surface area contributed by atoms with Gasteiger partial charge in [0.1, 0.15) is 0 Å². The second-order valence-corrected chi connectivity index (χ2v) is 5.62. The summed E-state index contributed by atoms with van der Waals surface area (Å²) in [6, 6.07) is -0.509. The van der Waals surface area contributed by atoms with E-state index in [0.29, 0.717) is 6.42 Å². The molecule has 1 radical (unpaired) electrons. The number of hydrogen-bond acceptors (Lipinski definition) is 4. The Labute approximate surface area is 96.5 Å². The lowest BCUT2D eigenvalue weighted by Gasteiger charge is -2.52. The summed E-state index contributed by atoms with van der Waals surface area (Å²) in [6.07, 6.45) is 0.424.